The summed E-state index contributed by atoms with van der Waals surface area (Å²) < 4.78 is 29.2. The van der Waals surface area contributed by atoms with E-state index in [1.165, 1.54) is 25.1 Å². The number of hydrogen-bond donors (Lipinski definition) is 1. The third-order valence-corrected chi connectivity index (χ3v) is 2.88. The van der Waals surface area contributed by atoms with E-state index in [0.29, 0.717) is 0 Å². The second kappa shape index (κ2) is 6.38. The van der Waals surface area contributed by atoms with E-state index in [1.807, 2.05) is 0 Å². The zero-order valence-electron chi connectivity index (χ0n) is 12.5. The Labute approximate surface area is 126 Å². The zero-order valence-corrected chi connectivity index (χ0v) is 12.5. The first-order valence-corrected chi connectivity index (χ1v) is 6.51. The molecule has 0 aliphatic carbocycles. The molecular weight excluding hydrogens is 290 g/mol. The van der Waals surface area contributed by atoms with E-state index in [-0.39, 0.29) is 11.4 Å². The Bertz CT molecular complexity index is 699. The van der Waals surface area contributed by atoms with Gasteiger partial charge in [-0.1, -0.05) is 0 Å². The van der Waals surface area contributed by atoms with Crippen molar-refractivity contribution in [3.8, 4) is 0 Å². The number of aromatic nitrogens is 2. The third-order valence-electron chi connectivity index (χ3n) is 2.88. The lowest BCUT2D eigenvalue weighted by molar-refractivity contribution is -0.111. The van der Waals surface area contributed by atoms with Crippen LogP contribution in [0.4, 0.5) is 20.2 Å². The van der Waals surface area contributed by atoms with Gasteiger partial charge >= 0.3 is 0 Å². The number of aryl methyl sites for hydroxylation is 1. The Kier molecular flexibility index (Phi) is 4.55. The molecule has 0 saturated heterocycles. The predicted octanol–water partition coefficient (Wildman–Crippen LogP) is 2.42. The molecule has 0 aliphatic rings. The Balaban J connectivity index is 2.10. The lowest BCUT2D eigenvalue weighted by Gasteiger charge is -2.15. The van der Waals surface area contributed by atoms with Crippen molar-refractivity contribution >= 4 is 23.4 Å². The molecule has 2 aromatic rings. The number of anilines is 2. The number of amides is 1. The normalized spacial score (nSPS) is 11.0. The van der Waals surface area contributed by atoms with Crippen molar-refractivity contribution in [1.29, 1.82) is 0 Å². The van der Waals surface area contributed by atoms with E-state index < -0.39 is 17.5 Å². The first-order valence-electron chi connectivity index (χ1n) is 6.51. The van der Waals surface area contributed by atoms with Gasteiger partial charge in [0.25, 0.3) is 0 Å². The number of nitrogens with one attached hydrogen (secondary N) is 1. The summed E-state index contributed by atoms with van der Waals surface area (Å²) in [5, 5.41) is 6.37. The zero-order chi connectivity index (χ0) is 16.3. The van der Waals surface area contributed by atoms with Gasteiger partial charge in [-0.05, 0) is 18.2 Å². The number of rotatable bonds is 4. The van der Waals surface area contributed by atoms with Crippen LogP contribution >= 0.6 is 0 Å². The molecule has 1 aromatic carbocycles. The highest BCUT2D eigenvalue weighted by molar-refractivity contribution is 6.02. The van der Waals surface area contributed by atoms with Gasteiger partial charge in [0.15, 0.2) is 11.6 Å². The summed E-state index contributed by atoms with van der Waals surface area (Å²) in [5.74, 6) is -1.96. The van der Waals surface area contributed by atoms with Gasteiger partial charge < -0.3 is 10.2 Å². The number of carbonyl (C=O) groups is 1. The van der Waals surface area contributed by atoms with Crippen molar-refractivity contribution in [2.24, 2.45) is 7.05 Å². The van der Waals surface area contributed by atoms with Gasteiger partial charge in [0.05, 0.1) is 6.20 Å². The maximum absolute atomic E-state index is 13.8. The fraction of sp³-hybridized carbons (Fsp3) is 0.200. The van der Waals surface area contributed by atoms with Gasteiger partial charge in [-0.15, -0.1) is 0 Å². The molecule has 5 nitrogen and oxygen atoms in total. The Hall–Kier alpha value is -2.70. The standard InChI is InChI=1S/C15H16F2N4O/c1-20(2)15-12(16)6-11(7-13(15)17)19-14(22)5-4-10-8-18-21(3)9-10/h4-9H,1-3H3,(H,19,22)/b5-4-. The molecule has 7 heteroatoms. The molecule has 0 fully saturated rings. The minimum Gasteiger partial charge on any atom is -0.373 e. The van der Waals surface area contributed by atoms with Crippen molar-refractivity contribution in [2.45, 2.75) is 0 Å². The molecule has 1 aromatic heterocycles. The summed E-state index contributed by atoms with van der Waals surface area (Å²) in [4.78, 5) is 13.1. The molecule has 0 unspecified atom stereocenters. The molecule has 0 atom stereocenters. The van der Waals surface area contributed by atoms with Crippen LogP contribution in [0.2, 0.25) is 0 Å². The third kappa shape index (κ3) is 3.69. The van der Waals surface area contributed by atoms with Gasteiger partial charge in [-0.3, -0.25) is 9.48 Å². The second-order valence-corrected chi connectivity index (χ2v) is 4.95. The predicted molar refractivity (Wildman–Crippen MR) is 81.6 cm³/mol. The topological polar surface area (TPSA) is 50.2 Å². The average Bonchev–Trinajstić information content (AvgIpc) is 2.81. The van der Waals surface area contributed by atoms with Crippen LogP contribution in [0.5, 0.6) is 0 Å². The van der Waals surface area contributed by atoms with Crippen molar-refractivity contribution in [1.82, 2.24) is 9.78 Å². The van der Waals surface area contributed by atoms with Crippen LogP contribution in [-0.4, -0.2) is 29.8 Å². The first-order chi connectivity index (χ1) is 10.4. The summed E-state index contributed by atoms with van der Waals surface area (Å²) in [7, 11) is 4.84. The molecule has 22 heavy (non-hydrogen) atoms. The van der Waals surface area contributed by atoms with E-state index in [0.717, 1.165) is 17.7 Å². The lowest BCUT2D eigenvalue weighted by atomic mass is 10.2. The van der Waals surface area contributed by atoms with Crippen LogP contribution < -0.4 is 10.2 Å². The van der Waals surface area contributed by atoms with Crippen LogP contribution in [0.25, 0.3) is 6.08 Å². The van der Waals surface area contributed by atoms with Gasteiger partial charge in [0, 0.05) is 44.7 Å². The maximum Gasteiger partial charge on any atom is 0.248 e. The summed E-state index contributed by atoms with van der Waals surface area (Å²) >= 11 is 0. The number of nitrogens with zero attached hydrogens (tertiary/aromatic N) is 3. The summed E-state index contributed by atoms with van der Waals surface area (Å²) in [6.45, 7) is 0. The Morgan fingerprint density at radius 2 is 1.95 bits per heavy atom. The average molecular weight is 306 g/mol. The van der Waals surface area contributed by atoms with Crippen molar-refractivity contribution in [3.05, 3.63) is 47.8 Å². The van der Waals surface area contributed by atoms with E-state index in [1.54, 1.807) is 30.2 Å². The van der Waals surface area contributed by atoms with Crippen LogP contribution in [0.1, 0.15) is 5.56 Å². The highest BCUT2D eigenvalue weighted by Gasteiger charge is 2.13. The number of carbonyl (C=O) groups excluding carboxylic acids is 1. The largest absolute Gasteiger partial charge is 0.373 e. The van der Waals surface area contributed by atoms with Crippen molar-refractivity contribution in [3.63, 3.8) is 0 Å². The van der Waals surface area contributed by atoms with Crippen molar-refractivity contribution < 1.29 is 13.6 Å². The SMILES string of the molecule is CN(C)c1c(F)cc(NC(=O)/C=C\c2cnn(C)c2)cc1F. The monoisotopic (exact) mass is 306 g/mol. The van der Waals surface area contributed by atoms with E-state index in [2.05, 4.69) is 10.4 Å². The molecule has 0 bridgehead atoms. The molecule has 116 valence electrons. The fourth-order valence-corrected chi connectivity index (χ4v) is 1.95. The van der Waals surface area contributed by atoms with Crippen LogP contribution in [0.3, 0.4) is 0 Å². The molecule has 1 amide bonds. The van der Waals surface area contributed by atoms with E-state index in [4.69, 9.17) is 0 Å². The second-order valence-electron chi connectivity index (χ2n) is 4.95. The minimum atomic E-state index is -0.739. The van der Waals surface area contributed by atoms with Gasteiger partial charge in [0.1, 0.15) is 5.69 Å². The quantitative estimate of drug-likeness (QED) is 0.883. The van der Waals surface area contributed by atoms with Gasteiger partial charge in [-0.2, -0.15) is 5.10 Å². The molecule has 1 N–H and O–H groups in total. The Morgan fingerprint density at radius 1 is 1.32 bits per heavy atom. The lowest BCUT2D eigenvalue weighted by Crippen LogP contribution is -2.14. The number of halogens is 2. The molecule has 2 rings (SSSR count). The maximum atomic E-state index is 13.8. The first kappa shape index (κ1) is 15.7. The molecule has 0 aliphatic heterocycles. The van der Waals surface area contributed by atoms with Crippen LogP contribution in [-0.2, 0) is 11.8 Å². The molecule has 0 saturated carbocycles. The van der Waals surface area contributed by atoms with Crippen LogP contribution in [0, 0.1) is 11.6 Å². The Morgan fingerprint density at radius 3 is 2.45 bits per heavy atom. The summed E-state index contributed by atoms with van der Waals surface area (Å²) in [6, 6.07) is 2.16. The molecular formula is C15H16F2N4O. The van der Waals surface area contributed by atoms with E-state index in [9.17, 15) is 13.6 Å². The smallest absolute Gasteiger partial charge is 0.248 e. The molecule has 0 spiro atoms. The highest BCUT2D eigenvalue weighted by atomic mass is 19.1. The van der Waals surface area contributed by atoms with Crippen molar-refractivity contribution in [2.75, 3.05) is 24.3 Å². The summed E-state index contributed by atoms with van der Waals surface area (Å²) in [6.07, 6.45) is 6.15. The van der Waals surface area contributed by atoms with Gasteiger partial charge in [0.2, 0.25) is 5.91 Å². The fourth-order valence-electron chi connectivity index (χ4n) is 1.95. The van der Waals surface area contributed by atoms with E-state index >= 15 is 0 Å². The van der Waals surface area contributed by atoms with Gasteiger partial charge in [-0.25, -0.2) is 8.78 Å². The van der Waals surface area contributed by atoms with Crippen LogP contribution in [0.15, 0.2) is 30.6 Å². The molecule has 0 radical (unpaired) electrons. The number of benzene rings is 1. The highest BCUT2D eigenvalue weighted by Crippen LogP contribution is 2.25. The number of hydrogen-bond acceptors (Lipinski definition) is 3. The summed E-state index contributed by atoms with van der Waals surface area (Å²) in [5.41, 5.74) is 0.656. The minimum absolute atomic E-state index is 0.0569. The molecule has 1 heterocycles.